The first-order valence-corrected chi connectivity index (χ1v) is 28.7. The number of amides is 6. The zero-order valence-corrected chi connectivity index (χ0v) is 51.2. The summed E-state index contributed by atoms with van der Waals surface area (Å²) in [6.45, 7) is 10.2. The number of piperidine rings is 1. The molecule has 0 radical (unpaired) electrons. The van der Waals surface area contributed by atoms with Crippen molar-refractivity contribution >= 4 is 53.2 Å². The Labute approximate surface area is 498 Å². The largest absolute Gasteiger partial charge is 0.493 e. The number of nitrogens with one attached hydrogen (secondary N) is 2. The summed E-state index contributed by atoms with van der Waals surface area (Å²) in [7, 11) is 7.33. The summed E-state index contributed by atoms with van der Waals surface area (Å²) in [6, 6.07) is 12.5. The summed E-state index contributed by atoms with van der Waals surface area (Å²) in [6.07, 6.45) is 3.73. The molecule has 0 spiro atoms. The lowest BCUT2D eigenvalue weighted by molar-refractivity contribution is -0.165. The van der Waals surface area contributed by atoms with Gasteiger partial charge in [0.25, 0.3) is 11.8 Å². The predicted octanol–water partition coefficient (Wildman–Crippen LogP) is 5.74. The van der Waals surface area contributed by atoms with Gasteiger partial charge in [0.15, 0.2) is 18.1 Å². The Balaban J connectivity index is 1.48. The van der Waals surface area contributed by atoms with Gasteiger partial charge in [0.1, 0.15) is 48.4 Å². The minimum atomic E-state index is -1.53. The van der Waals surface area contributed by atoms with E-state index in [1.165, 1.54) is 89.4 Å². The summed E-state index contributed by atoms with van der Waals surface area (Å²) < 4.78 is 48.9. The summed E-state index contributed by atoms with van der Waals surface area (Å²) in [5.74, 6) is -6.06. The molecule has 2 aliphatic rings. The summed E-state index contributed by atoms with van der Waals surface area (Å²) in [5.41, 5.74) is -0.486. The van der Waals surface area contributed by atoms with Gasteiger partial charge in [0.05, 0.1) is 38.4 Å². The van der Waals surface area contributed by atoms with Gasteiger partial charge in [-0.2, -0.15) is 0 Å². The predicted molar refractivity (Wildman–Crippen MR) is 312 cm³/mol. The van der Waals surface area contributed by atoms with E-state index in [-0.39, 0.29) is 63.5 Å². The van der Waals surface area contributed by atoms with Crippen LogP contribution in [0, 0.1) is 17.2 Å². The number of hydrogen-bond acceptors (Lipinski definition) is 15. The number of hydrogen-bond donors (Lipinski definition) is 2. The van der Waals surface area contributed by atoms with Gasteiger partial charge >= 0.3 is 11.9 Å². The van der Waals surface area contributed by atoms with E-state index in [9.17, 15) is 47.5 Å². The maximum Gasteiger partial charge on any atom is 0.330 e. The van der Waals surface area contributed by atoms with Crippen molar-refractivity contribution in [1.29, 1.82) is 0 Å². The average molecular weight is 1190 g/mol. The molecule has 22 heteroatoms. The van der Waals surface area contributed by atoms with E-state index in [1.54, 1.807) is 57.2 Å². The number of Topliss-reactive ketones (excluding diaryl/α,β-unsaturated/α-hetero) is 1. The van der Waals surface area contributed by atoms with Gasteiger partial charge in [-0.05, 0) is 139 Å². The van der Waals surface area contributed by atoms with Gasteiger partial charge < -0.3 is 58.7 Å². The first kappa shape index (κ1) is 67.9. The van der Waals surface area contributed by atoms with E-state index in [0.717, 1.165) is 21.4 Å². The highest BCUT2D eigenvalue weighted by Crippen LogP contribution is 2.33. The van der Waals surface area contributed by atoms with Crippen molar-refractivity contribution < 1.29 is 76.0 Å². The normalized spacial score (nSPS) is 22.0. The number of rotatable bonds is 11. The molecular formula is C63H85FN6O15. The number of carbonyl (C=O) groups is 9. The van der Waals surface area contributed by atoms with Gasteiger partial charge in [-0.1, -0.05) is 50.3 Å². The van der Waals surface area contributed by atoms with E-state index >= 15 is 0 Å². The van der Waals surface area contributed by atoms with Crippen LogP contribution in [0.3, 0.4) is 0 Å². The Bertz CT molecular complexity index is 2870. The molecule has 0 aromatic heterocycles. The van der Waals surface area contributed by atoms with E-state index in [1.807, 2.05) is 19.9 Å². The van der Waals surface area contributed by atoms with E-state index in [2.05, 4.69) is 10.6 Å². The summed E-state index contributed by atoms with van der Waals surface area (Å²) in [5, 5.41) is 5.57. The van der Waals surface area contributed by atoms with Crippen LogP contribution in [0.4, 0.5) is 4.39 Å². The highest BCUT2D eigenvalue weighted by Gasteiger charge is 2.43. The zero-order valence-electron chi connectivity index (χ0n) is 51.2. The second kappa shape index (κ2) is 31.3. The lowest BCUT2D eigenvalue weighted by Crippen LogP contribution is -2.59. The third-order valence-corrected chi connectivity index (χ3v) is 14.6. The summed E-state index contributed by atoms with van der Waals surface area (Å²) in [4.78, 5) is 131. The molecule has 2 aliphatic heterocycles. The molecule has 85 heavy (non-hydrogen) atoms. The van der Waals surface area contributed by atoms with Crippen LogP contribution in [0.5, 0.6) is 17.2 Å². The molecule has 464 valence electrons. The molecule has 2 bridgehead atoms. The molecular weight excluding hydrogens is 1100 g/mol. The Hall–Kier alpha value is -7.88. The molecule has 5 atom stereocenters. The topological polar surface area (TPSA) is 246 Å². The van der Waals surface area contributed by atoms with Crippen molar-refractivity contribution in [2.45, 2.75) is 136 Å². The van der Waals surface area contributed by atoms with Crippen molar-refractivity contribution in [2.24, 2.45) is 11.3 Å². The molecule has 2 heterocycles. The van der Waals surface area contributed by atoms with Crippen LogP contribution < -0.4 is 24.8 Å². The lowest BCUT2D eigenvalue weighted by Gasteiger charge is -2.36. The van der Waals surface area contributed by atoms with Crippen molar-refractivity contribution in [2.75, 3.05) is 74.8 Å². The number of ether oxygens (including phenoxy) is 6. The van der Waals surface area contributed by atoms with Gasteiger partial charge in [0, 0.05) is 46.7 Å². The molecule has 1 fully saturated rings. The van der Waals surface area contributed by atoms with Crippen LogP contribution in [0.15, 0.2) is 78.9 Å². The van der Waals surface area contributed by atoms with Crippen LogP contribution in [-0.4, -0.2) is 177 Å². The number of nitrogens with zero attached hydrogens (tertiary/aromatic N) is 4. The zero-order chi connectivity index (χ0) is 62.8. The Morgan fingerprint density at radius 1 is 0.788 bits per heavy atom. The molecule has 5 rings (SSSR count). The number of likely N-dealkylation sites (N-methyl/N-ethyl adjacent to an activating group) is 3. The average Bonchev–Trinajstić information content (AvgIpc) is 3.44. The minimum absolute atomic E-state index is 0.0424. The molecule has 21 nitrogen and oxygen atoms in total. The van der Waals surface area contributed by atoms with Crippen LogP contribution in [0.2, 0.25) is 0 Å². The Morgan fingerprint density at radius 3 is 2.15 bits per heavy atom. The van der Waals surface area contributed by atoms with Crippen molar-refractivity contribution in [3.63, 3.8) is 0 Å². The fraction of sp³-hybridized carbons (Fsp3) is 0.540. The van der Waals surface area contributed by atoms with Gasteiger partial charge in [0.2, 0.25) is 29.4 Å². The maximum absolute atomic E-state index is 14.6. The SMILES string of the molecule is COc1ccc(CC[C@H]2OC(=O)[C@@H]3CCCCN3C(=O)C(=O)C(C)(C)COC(=O)C=CCCN(C)C(=O)[C@H](Cc3ccc(F)cc3)NC(=O)[C@H](COC(C)(C)C)N(C)C(=O)[C@@H](CC(C)C)NC(=O)CN(C)C(=O)COc3cccc2c3)cc1OC. The van der Waals surface area contributed by atoms with Gasteiger partial charge in [-0.15, -0.1) is 0 Å². The van der Waals surface area contributed by atoms with Crippen LogP contribution in [0.1, 0.15) is 110 Å². The minimum Gasteiger partial charge on any atom is -0.493 e. The Morgan fingerprint density at radius 2 is 1.48 bits per heavy atom. The van der Waals surface area contributed by atoms with Crippen LogP contribution in [0.25, 0.3) is 0 Å². The molecule has 0 aliphatic carbocycles. The molecule has 2 N–H and O–H groups in total. The lowest BCUT2D eigenvalue weighted by atomic mass is 9.87. The molecule has 3 aromatic rings. The van der Waals surface area contributed by atoms with Gasteiger partial charge in [-0.3, -0.25) is 33.6 Å². The third kappa shape index (κ3) is 20.4. The van der Waals surface area contributed by atoms with E-state index in [0.29, 0.717) is 41.9 Å². The number of aryl methyl sites for hydroxylation is 1. The smallest absolute Gasteiger partial charge is 0.330 e. The fourth-order valence-electron chi connectivity index (χ4n) is 9.59. The number of ketones is 1. The highest BCUT2D eigenvalue weighted by molar-refractivity contribution is 6.38. The van der Waals surface area contributed by atoms with Crippen molar-refractivity contribution in [3.05, 3.63) is 101 Å². The first-order valence-electron chi connectivity index (χ1n) is 28.7. The fourth-order valence-corrected chi connectivity index (χ4v) is 9.59. The first-order chi connectivity index (χ1) is 40.1. The Kier molecular flexibility index (Phi) is 25.0. The highest BCUT2D eigenvalue weighted by atomic mass is 19.1. The second-order valence-corrected chi connectivity index (χ2v) is 23.6. The quantitative estimate of drug-likeness (QED) is 0.172. The number of cyclic esters (lactones) is 2. The molecule has 3 aromatic carbocycles. The van der Waals surface area contributed by atoms with Crippen molar-refractivity contribution in [3.8, 4) is 17.2 Å². The third-order valence-electron chi connectivity index (χ3n) is 14.6. The number of benzene rings is 3. The molecule has 0 unspecified atom stereocenters. The molecule has 0 saturated carbocycles. The monoisotopic (exact) mass is 1180 g/mol. The maximum atomic E-state index is 14.6. The number of halogens is 1. The molecule has 1 saturated heterocycles. The van der Waals surface area contributed by atoms with Crippen LogP contribution >= 0.6 is 0 Å². The number of methoxy groups -OCH3 is 2. The number of esters is 2. The van der Waals surface area contributed by atoms with Crippen LogP contribution in [-0.2, 0) is 70.2 Å². The standard InChI is InChI=1S/C63H85FN6O15/c1-40(2)32-46-59(77)69(10)49(37-84-62(3,4)5)57(75)66-47(33-41-22-26-44(64)27-23-41)58(76)67(8)30-15-14-21-55(73)83-39-63(6,7)56(74)60(78)70-31-16-13-20-48(70)61(79)85-50(28-24-42-25-29-51(80-11)52(34-42)81-12)43-18-17-19-45(35-43)82-38-54(72)68(9)36-53(71)65-46/h14,17-19,21-23,25-27,29,34-35,40,46-50H,13,15-16,20,24,28,30-33,36-39H2,1-12H3,(H,65,71)(H,66,75)/t46-,47+,48+,49+,50-/m1/s1. The number of carbonyl (C=O) groups excluding carboxylic acids is 9. The van der Waals surface area contributed by atoms with E-state index < -0.39 is 120 Å². The van der Waals surface area contributed by atoms with Gasteiger partial charge in [-0.25, -0.2) is 14.0 Å². The van der Waals surface area contributed by atoms with E-state index in [4.69, 9.17) is 28.4 Å². The second-order valence-electron chi connectivity index (χ2n) is 23.6. The summed E-state index contributed by atoms with van der Waals surface area (Å²) >= 11 is 0. The van der Waals surface area contributed by atoms with Crippen molar-refractivity contribution in [1.82, 2.24) is 30.2 Å². The molecule has 6 amide bonds. The number of fused-ring (bicyclic) bond motifs is 3.